The molecule has 2 heterocycles. The topological polar surface area (TPSA) is 71.5 Å². The van der Waals surface area contributed by atoms with Crippen molar-refractivity contribution < 1.29 is 14.3 Å². The minimum Gasteiger partial charge on any atom is -0.444 e. The second-order valence-electron chi connectivity index (χ2n) is 7.39. The van der Waals surface area contributed by atoms with Gasteiger partial charge >= 0.3 is 6.09 Å². The zero-order valence-corrected chi connectivity index (χ0v) is 14.8. The number of likely N-dealkylation sites (tertiary alicyclic amines) is 1. The number of nitrogens with zero attached hydrogens (tertiary/aromatic N) is 2. The monoisotopic (exact) mass is 351 g/mol. The van der Waals surface area contributed by atoms with Crippen LogP contribution in [0.1, 0.15) is 40.0 Å². The van der Waals surface area contributed by atoms with Crippen LogP contribution in [0.5, 0.6) is 0 Å². The molecule has 7 heteroatoms. The number of halogens is 1. The Hall–Kier alpha value is -1.82. The third kappa shape index (κ3) is 3.48. The summed E-state index contributed by atoms with van der Waals surface area (Å²) in [6.45, 7) is 5.47. The number of hydrogen-bond donors (Lipinski definition) is 1. The molecule has 0 spiro atoms. The van der Waals surface area contributed by atoms with Crippen molar-refractivity contribution >= 4 is 29.4 Å². The van der Waals surface area contributed by atoms with Crippen LogP contribution >= 0.6 is 11.6 Å². The van der Waals surface area contributed by atoms with E-state index >= 15 is 0 Å². The summed E-state index contributed by atoms with van der Waals surface area (Å²) in [5, 5.41) is 3.08. The number of aromatic nitrogens is 1. The number of carbonyl (C=O) groups excluding carboxylic acids is 2. The zero-order chi connectivity index (χ0) is 17.5. The van der Waals surface area contributed by atoms with Crippen LogP contribution < -0.4 is 5.32 Å². The molecule has 24 heavy (non-hydrogen) atoms. The van der Waals surface area contributed by atoms with E-state index in [9.17, 15) is 9.59 Å². The number of anilines is 1. The van der Waals surface area contributed by atoms with E-state index in [1.165, 1.54) is 0 Å². The standard InChI is InChI=1S/C17H22ClN3O3/c1-17(2,3)24-16(23)21-11-8-7-10(9-11)14(21)15(22)20-13-6-4-5-12(18)19-13/h4-6,10-11,14H,7-9H2,1-3H3,(H,19,20,22). The smallest absolute Gasteiger partial charge is 0.411 e. The molecule has 6 nitrogen and oxygen atoms in total. The van der Waals surface area contributed by atoms with Crippen LogP contribution in [0, 0.1) is 5.92 Å². The van der Waals surface area contributed by atoms with Crippen molar-refractivity contribution in [1.82, 2.24) is 9.88 Å². The molecule has 2 amide bonds. The summed E-state index contributed by atoms with van der Waals surface area (Å²) in [5.74, 6) is 0.323. The molecular formula is C17H22ClN3O3. The van der Waals surface area contributed by atoms with Crippen molar-refractivity contribution in [3.8, 4) is 0 Å². The Kier molecular flexibility index (Phi) is 4.42. The number of fused-ring (bicyclic) bond motifs is 2. The molecule has 0 radical (unpaired) electrons. The van der Waals surface area contributed by atoms with Crippen LogP contribution in [0.2, 0.25) is 5.15 Å². The fraction of sp³-hybridized carbons (Fsp3) is 0.588. The molecule has 2 aliphatic rings. The Labute approximate surface area is 146 Å². The predicted molar refractivity (Wildman–Crippen MR) is 90.9 cm³/mol. The van der Waals surface area contributed by atoms with Gasteiger partial charge in [-0.1, -0.05) is 17.7 Å². The minimum atomic E-state index is -0.589. The number of amides is 2. The van der Waals surface area contributed by atoms with Crippen LogP contribution in [0.3, 0.4) is 0 Å². The maximum atomic E-state index is 12.8. The number of pyridine rings is 1. The lowest BCUT2D eigenvalue weighted by atomic mass is 9.98. The summed E-state index contributed by atoms with van der Waals surface area (Å²) < 4.78 is 5.49. The average Bonchev–Trinajstić information content (AvgIpc) is 3.05. The molecule has 1 saturated carbocycles. The number of ether oxygens (including phenoxy) is 1. The molecule has 2 fully saturated rings. The van der Waals surface area contributed by atoms with E-state index in [1.54, 1.807) is 23.1 Å². The largest absolute Gasteiger partial charge is 0.444 e. The van der Waals surface area contributed by atoms with Gasteiger partial charge in [0.1, 0.15) is 22.6 Å². The predicted octanol–water partition coefficient (Wildman–Crippen LogP) is 3.46. The van der Waals surface area contributed by atoms with E-state index < -0.39 is 17.7 Å². The molecule has 1 aromatic rings. The lowest BCUT2D eigenvalue weighted by Gasteiger charge is -2.35. The van der Waals surface area contributed by atoms with Gasteiger partial charge in [-0.2, -0.15) is 0 Å². The Bertz CT molecular complexity index is 659. The number of carbonyl (C=O) groups is 2. The average molecular weight is 352 g/mol. The quantitative estimate of drug-likeness (QED) is 0.828. The third-order valence-electron chi connectivity index (χ3n) is 4.42. The molecule has 0 aromatic carbocycles. The normalized spacial score (nSPS) is 25.7. The Morgan fingerprint density at radius 1 is 1.33 bits per heavy atom. The minimum absolute atomic E-state index is 0.0768. The SMILES string of the molecule is CC(C)(C)OC(=O)N1C2CCC(C2)C1C(=O)Nc1cccc(Cl)n1. The molecule has 2 bridgehead atoms. The van der Waals surface area contributed by atoms with Gasteiger partial charge in [-0.25, -0.2) is 9.78 Å². The Morgan fingerprint density at radius 2 is 2.08 bits per heavy atom. The van der Waals surface area contributed by atoms with Crippen molar-refractivity contribution in [1.29, 1.82) is 0 Å². The van der Waals surface area contributed by atoms with Gasteiger partial charge in [-0.05, 0) is 58.1 Å². The van der Waals surface area contributed by atoms with E-state index in [-0.39, 0.29) is 17.9 Å². The second kappa shape index (κ2) is 6.24. The van der Waals surface area contributed by atoms with Crippen LogP contribution in [0.25, 0.3) is 0 Å². The van der Waals surface area contributed by atoms with Gasteiger partial charge in [0.2, 0.25) is 5.91 Å². The summed E-state index contributed by atoms with van der Waals surface area (Å²) in [7, 11) is 0. The van der Waals surface area contributed by atoms with Crippen LogP contribution in [0.4, 0.5) is 10.6 Å². The van der Waals surface area contributed by atoms with Crippen molar-refractivity contribution in [2.24, 2.45) is 5.92 Å². The van der Waals surface area contributed by atoms with Crippen molar-refractivity contribution in [3.05, 3.63) is 23.4 Å². The number of hydrogen-bond acceptors (Lipinski definition) is 4. The van der Waals surface area contributed by atoms with Crippen LogP contribution in [-0.4, -0.2) is 39.6 Å². The summed E-state index contributed by atoms with van der Waals surface area (Å²) in [5.41, 5.74) is -0.589. The van der Waals surface area contributed by atoms with Gasteiger partial charge in [0, 0.05) is 6.04 Å². The van der Waals surface area contributed by atoms with Crippen LogP contribution in [0.15, 0.2) is 18.2 Å². The van der Waals surface area contributed by atoms with Gasteiger partial charge in [0.15, 0.2) is 0 Å². The molecule has 1 N–H and O–H groups in total. The van der Waals surface area contributed by atoms with E-state index in [0.717, 1.165) is 19.3 Å². The Balaban J connectivity index is 1.77. The fourth-order valence-corrected chi connectivity index (χ4v) is 3.74. The van der Waals surface area contributed by atoms with Gasteiger partial charge in [-0.3, -0.25) is 9.69 Å². The first-order valence-electron chi connectivity index (χ1n) is 8.19. The maximum absolute atomic E-state index is 12.8. The van der Waals surface area contributed by atoms with Gasteiger partial charge in [-0.15, -0.1) is 0 Å². The lowest BCUT2D eigenvalue weighted by Crippen LogP contribution is -2.52. The first kappa shape index (κ1) is 17.0. The summed E-state index contributed by atoms with van der Waals surface area (Å²) in [4.78, 5) is 31.0. The molecular weight excluding hydrogens is 330 g/mol. The van der Waals surface area contributed by atoms with Gasteiger partial charge in [0.05, 0.1) is 0 Å². The lowest BCUT2D eigenvalue weighted by molar-refractivity contribution is -0.122. The maximum Gasteiger partial charge on any atom is 0.411 e. The van der Waals surface area contributed by atoms with Crippen molar-refractivity contribution in [3.63, 3.8) is 0 Å². The van der Waals surface area contributed by atoms with E-state index in [0.29, 0.717) is 11.0 Å². The highest BCUT2D eigenvalue weighted by Crippen LogP contribution is 2.43. The van der Waals surface area contributed by atoms with E-state index in [1.807, 2.05) is 20.8 Å². The molecule has 1 aliphatic heterocycles. The second-order valence-corrected chi connectivity index (χ2v) is 7.78. The molecule has 1 saturated heterocycles. The molecule has 1 aromatic heterocycles. The van der Waals surface area contributed by atoms with E-state index in [2.05, 4.69) is 10.3 Å². The summed E-state index contributed by atoms with van der Waals surface area (Å²) in [6.07, 6.45) is 2.29. The van der Waals surface area contributed by atoms with E-state index in [4.69, 9.17) is 16.3 Å². The van der Waals surface area contributed by atoms with Gasteiger partial charge < -0.3 is 10.1 Å². The third-order valence-corrected chi connectivity index (χ3v) is 4.63. The van der Waals surface area contributed by atoms with Crippen molar-refractivity contribution in [2.45, 2.75) is 57.7 Å². The number of nitrogens with one attached hydrogen (secondary N) is 1. The van der Waals surface area contributed by atoms with Crippen molar-refractivity contribution in [2.75, 3.05) is 5.32 Å². The molecule has 1 aliphatic carbocycles. The molecule has 3 atom stereocenters. The highest BCUT2D eigenvalue weighted by molar-refractivity contribution is 6.29. The first-order valence-corrected chi connectivity index (χ1v) is 8.57. The van der Waals surface area contributed by atoms with Gasteiger partial charge in [0.25, 0.3) is 0 Å². The number of rotatable bonds is 2. The highest BCUT2D eigenvalue weighted by Gasteiger charge is 2.52. The molecule has 3 unspecified atom stereocenters. The zero-order valence-electron chi connectivity index (χ0n) is 14.1. The summed E-state index contributed by atoms with van der Waals surface area (Å²) >= 11 is 5.86. The fourth-order valence-electron chi connectivity index (χ4n) is 3.58. The molecule has 130 valence electrons. The highest BCUT2D eigenvalue weighted by atomic mass is 35.5. The first-order chi connectivity index (χ1) is 11.2. The summed E-state index contributed by atoms with van der Waals surface area (Å²) in [6, 6.07) is 4.60. The molecule has 3 rings (SSSR count). The Morgan fingerprint density at radius 3 is 2.75 bits per heavy atom. The van der Waals surface area contributed by atoms with Crippen LogP contribution in [-0.2, 0) is 9.53 Å². The number of piperidine rings is 1.